The number of hydrogen-bond donors (Lipinski definition) is 1. The van der Waals surface area contributed by atoms with E-state index in [-0.39, 0.29) is 12.4 Å². The van der Waals surface area contributed by atoms with Gasteiger partial charge in [-0.2, -0.15) is 0 Å². The fourth-order valence-corrected chi connectivity index (χ4v) is 1.01. The highest BCUT2D eigenvalue weighted by Gasteiger charge is 2.04. The van der Waals surface area contributed by atoms with Gasteiger partial charge in [-0.25, -0.2) is 4.98 Å². The van der Waals surface area contributed by atoms with Crippen LogP contribution in [0.5, 0.6) is 0 Å². The highest BCUT2D eigenvalue weighted by molar-refractivity contribution is 5.85. The molecule has 1 heterocycles. The Morgan fingerprint density at radius 1 is 1.43 bits per heavy atom. The maximum atomic E-state index is 5.48. The van der Waals surface area contributed by atoms with Gasteiger partial charge in [0, 0.05) is 25.8 Å². The topological polar surface area (TPSA) is 42.1 Å². The summed E-state index contributed by atoms with van der Waals surface area (Å²) in [6.45, 7) is 4.83. The third kappa shape index (κ3) is 3.16. The normalized spacial score (nSPS) is 9.79. The molecule has 2 N–H and O–H groups in total. The van der Waals surface area contributed by atoms with Gasteiger partial charge in [0.05, 0.1) is 0 Å². The molecule has 4 heteroatoms. The summed E-state index contributed by atoms with van der Waals surface area (Å²) in [6.07, 6.45) is 1.83. The van der Waals surface area contributed by atoms with E-state index >= 15 is 0 Å². The summed E-state index contributed by atoms with van der Waals surface area (Å²) in [6, 6.07) is 4.49. The van der Waals surface area contributed by atoms with Crippen LogP contribution in [0.15, 0.2) is 18.3 Å². The maximum absolute atomic E-state index is 5.48. The van der Waals surface area contributed by atoms with E-state index < -0.39 is 0 Å². The minimum Gasteiger partial charge on any atom is -0.357 e. The predicted molar refractivity (Wildman–Crippen MR) is 62.9 cm³/mol. The van der Waals surface area contributed by atoms with Crippen LogP contribution in [0.25, 0.3) is 0 Å². The molecule has 0 spiro atoms. The van der Waals surface area contributed by atoms with Crippen molar-refractivity contribution in [1.29, 1.82) is 0 Å². The van der Waals surface area contributed by atoms with Gasteiger partial charge in [0.2, 0.25) is 0 Å². The van der Waals surface area contributed by atoms with E-state index in [1.807, 2.05) is 25.4 Å². The minimum absolute atomic E-state index is 0. The Morgan fingerprint density at radius 3 is 2.43 bits per heavy atom. The van der Waals surface area contributed by atoms with Crippen molar-refractivity contribution in [2.45, 2.75) is 26.4 Å². The van der Waals surface area contributed by atoms with E-state index in [1.54, 1.807) is 0 Å². The van der Waals surface area contributed by atoms with Crippen LogP contribution in [0, 0.1) is 0 Å². The second-order valence-electron chi connectivity index (χ2n) is 3.43. The summed E-state index contributed by atoms with van der Waals surface area (Å²) >= 11 is 0. The van der Waals surface area contributed by atoms with E-state index in [2.05, 4.69) is 23.7 Å². The molecule has 0 aromatic carbocycles. The SMILES string of the molecule is CC(C)N(C)c1ccc(CN)cn1.Cl. The molecule has 0 atom stereocenters. The summed E-state index contributed by atoms with van der Waals surface area (Å²) in [7, 11) is 2.04. The average Bonchev–Trinajstić information content (AvgIpc) is 2.17. The number of pyridine rings is 1. The Kier molecular flexibility index (Phi) is 5.50. The van der Waals surface area contributed by atoms with Gasteiger partial charge < -0.3 is 10.6 Å². The van der Waals surface area contributed by atoms with Crippen molar-refractivity contribution in [3.8, 4) is 0 Å². The van der Waals surface area contributed by atoms with Gasteiger partial charge in [-0.15, -0.1) is 12.4 Å². The van der Waals surface area contributed by atoms with Crippen LogP contribution in [0.2, 0.25) is 0 Å². The van der Waals surface area contributed by atoms with Crippen molar-refractivity contribution >= 4 is 18.2 Å². The molecule has 0 aliphatic heterocycles. The second-order valence-corrected chi connectivity index (χ2v) is 3.43. The number of rotatable bonds is 3. The van der Waals surface area contributed by atoms with Gasteiger partial charge in [0.25, 0.3) is 0 Å². The molecule has 1 aromatic heterocycles. The smallest absolute Gasteiger partial charge is 0.128 e. The quantitative estimate of drug-likeness (QED) is 0.836. The Hall–Kier alpha value is -0.800. The fourth-order valence-electron chi connectivity index (χ4n) is 1.01. The first-order chi connectivity index (χ1) is 6.15. The Bertz CT molecular complexity index is 259. The third-order valence-corrected chi connectivity index (χ3v) is 2.18. The second kappa shape index (κ2) is 5.83. The molecule has 0 fully saturated rings. The van der Waals surface area contributed by atoms with Crippen LogP contribution in [0.1, 0.15) is 19.4 Å². The lowest BCUT2D eigenvalue weighted by atomic mass is 10.2. The lowest BCUT2D eigenvalue weighted by Crippen LogP contribution is -2.26. The molecule has 0 saturated heterocycles. The highest BCUT2D eigenvalue weighted by atomic mass is 35.5. The first kappa shape index (κ1) is 13.2. The third-order valence-electron chi connectivity index (χ3n) is 2.18. The van der Waals surface area contributed by atoms with Crippen LogP contribution in [0.3, 0.4) is 0 Å². The summed E-state index contributed by atoms with van der Waals surface area (Å²) in [5, 5.41) is 0. The van der Waals surface area contributed by atoms with Crippen LogP contribution in [0.4, 0.5) is 5.82 Å². The number of nitrogens with zero attached hydrogens (tertiary/aromatic N) is 2. The zero-order chi connectivity index (χ0) is 9.84. The van der Waals surface area contributed by atoms with E-state index in [0.29, 0.717) is 12.6 Å². The molecule has 0 unspecified atom stereocenters. The lowest BCUT2D eigenvalue weighted by Gasteiger charge is -2.22. The number of hydrogen-bond acceptors (Lipinski definition) is 3. The van der Waals surface area contributed by atoms with Crippen molar-refractivity contribution in [1.82, 2.24) is 4.98 Å². The largest absolute Gasteiger partial charge is 0.357 e. The molecule has 0 radical (unpaired) electrons. The van der Waals surface area contributed by atoms with Gasteiger partial charge in [-0.1, -0.05) is 6.07 Å². The zero-order valence-corrected chi connectivity index (χ0v) is 9.71. The molecule has 0 saturated carbocycles. The molecular formula is C10H18ClN3. The van der Waals surface area contributed by atoms with Crippen LogP contribution in [-0.4, -0.2) is 18.1 Å². The molecule has 14 heavy (non-hydrogen) atoms. The summed E-state index contributed by atoms with van der Waals surface area (Å²) in [5.41, 5.74) is 6.55. The number of halogens is 1. The lowest BCUT2D eigenvalue weighted by molar-refractivity contribution is 0.742. The van der Waals surface area contributed by atoms with Crippen LogP contribution < -0.4 is 10.6 Å². The van der Waals surface area contributed by atoms with Crippen molar-refractivity contribution in [2.24, 2.45) is 5.73 Å². The molecule has 0 bridgehead atoms. The monoisotopic (exact) mass is 215 g/mol. The number of anilines is 1. The Balaban J connectivity index is 0.00000169. The van der Waals surface area contributed by atoms with Gasteiger partial charge in [0.15, 0.2) is 0 Å². The van der Waals surface area contributed by atoms with Gasteiger partial charge in [0.1, 0.15) is 5.82 Å². The first-order valence-electron chi connectivity index (χ1n) is 4.53. The van der Waals surface area contributed by atoms with E-state index in [4.69, 9.17) is 5.73 Å². The molecule has 3 nitrogen and oxygen atoms in total. The predicted octanol–water partition coefficient (Wildman–Crippen LogP) is 1.81. The Morgan fingerprint density at radius 2 is 2.07 bits per heavy atom. The van der Waals surface area contributed by atoms with Gasteiger partial charge >= 0.3 is 0 Å². The van der Waals surface area contributed by atoms with Crippen molar-refractivity contribution < 1.29 is 0 Å². The molecule has 80 valence electrons. The highest BCUT2D eigenvalue weighted by Crippen LogP contribution is 2.11. The summed E-state index contributed by atoms with van der Waals surface area (Å²) in [4.78, 5) is 6.44. The molecular weight excluding hydrogens is 198 g/mol. The first-order valence-corrected chi connectivity index (χ1v) is 4.53. The van der Waals surface area contributed by atoms with Crippen molar-refractivity contribution in [2.75, 3.05) is 11.9 Å². The number of nitrogens with two attached hydrogens (primary N) is 1. The average molecular weight is 216 g/mol. The Labute approximate surface area is 91.7 Å². The van der Waals surface area contributed by atoms with E-state index in [9.17, 15) is 0 Å². The maximum Gasteiger partial charge on any atom is 0.128 e. The van der Waals surface area contributed by atoms with Crippen LogP contribution >= 0.6 is 12.4 Å². The van der Waals surface area contributed by atoms with Crippen LogP contribution in [-0.2, 0) is 6.54 Å². The minimum atomic E-state index is 0. The molecule has 0 aliphatic rings. The van der Waals surface area contributed by atoms with Crippen molar-refractivity contribution in [3.63, 3.8) is 0 Å². The molecule has 1 aromatic rings. The molecule has 1 rings (SSSR count). The molecule has 0 aliphatic carbocycles. The van der Waals surface area contributed by atoms with E-state index in [1.165, 1.54) is 0 Å². The van der Waals surface area contributed by atoms with Gasteiger partial charge in [-0.05, 0) is 25.5 Å². The van der Waals surface area contributed by atoms with E-state index in [0.717, 1.165) is 11.4 Å². The summed E-state index contributed by atoms with van der Waals surface area (Å²) < 4.78 is 0. The number of aromatic nitrogens is 1. The van der Waals surface area contributed by atoms with Crippen molar-refractivity contribution in [3.05, 3.63) is 23.9 Å². The zero-order valence-electron chi connectivity index (χ0n) is 8.90. The molecule has 0 amide bonds. The van der Waals surface area contributed by atoms with Gasteiger partial charge in [-0.3, -0.25) is 0 Å². The fraction of sp³-hybridized carbons (Fsp3) is 0.500. The standard InChI is InChI=1S/C10H17N3.ClH/c1-8(2)13(3)10-5-4-9(6-11)7-12-10;/h4-5,7-8H,6,11H2,1-3H3;1H. The summed E-state index contributed by atoms with van der Waals surface area (Å²) in [5.74, 6) is 0.993.